The van der Waals surface area contributed by atoms with Gasteiger partial charge in [0.15, 0.2) is 0 Å². The molecule has 1 saturated heterocycles. The summed E-state index contributed by atoms with van der Waals surface area (Å²) in [4.78, 5) is 14.5. The number of benzene rings is 1. The van der Waals surface area contributed by atoms with Crippen LogP contribution in [0.15, 0.2) is 42.7 Å². The molecule has 2 atom stereocenters. The molecule has 1 aliphatic heterocycles. The van der Waals surface area contributed by atoms with Crippen LogP contribution in [-0.4, -0.2) is 53.4 Å². The number of nitrogens with zero attached hydrogens (tertiary/aromatic N) is 3. The van der Waals surface area contributed by atoms with Crippen LogP contribution >= 0.6 is 0 Å². The van der Waals surface area contributed by atoms with Crippen molar-refractivity contribution in [3.63, 3.8) is 0 Å². The normalized spacial score (nSPS) is 20.2. The number of morpholine rings is 1. The average molecular weight is 314 g/mol. The molecule has 0 spiro atoms. The summed E-state index contributed by atoms with van der Waals surface area (Å²) in [5.74, 6) is -0.0615. The highest BCUT2D eigenvalue weighted by Crippen LogP contribution is 2.17. The minimum absolute atomic E-state index is 0.0615. The van der Waals surface area contributed by atoms with Crippen LogP contribution in [0.1, 0.15) is 18.5 Å². The number of likely N-dealkylation sites (N-methyl/N-ethyl adjacent to an activating group) is 1. The SMILES string of the molecule is CC(NC(=O)C1CN(C)CCO1)c1cccc(-n2cccn2)c1. The molecule has 0 radical (unpaired) electrons. The third-order valence-corrected chi connectivity index (χ3v) is 4.06. The van der Waals surface area contributed by atoms with Crippen molar-refractivity contribution in [2.24, 2.45) is 0 Å². The maximum Gasteiger partial charge on any atom is 0.250 e. The number of ether oxygens (including phenoxy) is 1. The van der Waals surface area contributed by atoms with Gasteiger partial charge in [0.1, 0.15) is 6.10 Å². The summed E-state index contributed by atoms with van der Waals surface area (Å²) in [6.45, 7) is 4.07. The Hall–Kier alpha value is -2.18. The minimum atomic E-state index is -0.398. The summed E-state index contributed by atoms with van der Waals surface area (Å²) < 4.78 is 7.36. The number of amides is 1. The smallest absolute Gasteiger partial charge is 0.250 e. The predicted molar refractivity (Wildman–Crippen MR) is 87.4 cm³/mol. The summed E-state index contributed by atoms with van der Waals surface area (Å²) in [5.41, 5.74) is 2.01. The molecule has 122 valence electrons. The summed E-state index contributed by atoms with van der Waals surface area (Å²) in [6.07, 6.45) is 3.24. The standard InChI is InChI=1S/C17H22N4O2/c1-13(19-17(22)16-12-20(2)9-10-23-16)14-5-3-6-15(11-14)21-8-4-7-18-21/h3-8,11,13,16H,9-10,12H2,1-2H3,(H,19,22). The molecule has 2 heterocycles. The maximum absolute atomic E-state index is 12.4. The van der Waals surface area contributed by atoms with E-state index in [1.54, 1.807) is 10.9 Å². The quantitative estimate of drug-likeness (QED) is 0.926. The highest BCUT2D eigenvalue weighted by molar-refractivity contribution is 5.81. The van der Waals surface area contributed by atoms with Gasteiger partial charge in [0.25, 0.3) is 5.91 Å². The van der Waals surface area contributed by atoms with Crippen molar-refractivity contribution in [3.05, 3.63) is 48.3 Å². The fourth-order valence-corrected chi connectivity index (χ4v) is 2.68. The summed E-state index contributed by atoms with van der Waals surface area (Å²) in [5, 5.41) is 7.27. The fourth-order valence-electron chi connectivity index (χ4n) is 2.68. The Kier molecular flexibility index (Phi) is 4.73. The first-order chi connectivity index (χ1) is 11.1. The van der Waals surface area contributed by atoms with Crippen LogP contribution in [0.25, 0.3) is 5.69 Å². The molecule has 1 aromatic carbocycles. The van der Waals surface area contributed by atoms with Crippen molar-refractivity contribution >= 4 is 5.91 Å². The van der Waals surface area contributed by atoms with E-state index < -0.39 is 6.10 Å². The van der Waals surface area contributed by atoms with Gasteiger partial charge in [0.2, 0.25) is 0 Å². The van der Waals surface area contributed by atoms with Gasteiger partial charge < -0.3 is 15.0 Å². The van der Waals surface area contributed by atoms with Crippen LogP contribution in [0.5, 0.6) is 0 Å². The number of carbonyl (C=O) groups is 1. The van der Waals surface area contributed by atoms with Crippen LogP contribution in [0.3, 0.4) is 0 Å². The fraction of sp³-hybridized carbons (Fsp3) is 0.412. The van der Waals surface area contributed by atoms with Gasteiger partial charge in [-0.3, -0.25) is 4.79 Å². The van der Waals surface area contributed by atoms with Crippen molar-refractivity contribution in [2.45, 2.75) is 19.1 Å². The topological polar surface area (TPSA) is 59.4 Å². The van der Waals surface area contributed by atoms with Crippen LogP contribution < -0.4 is 5.32 Å². The number of carbonyl (C=O) groups excluding carboxylic acids is 1. The highest BCUT2D eigenvalue weighted by atomic mass is 16.5. The molecular formula is C17H22N4O2. The van der Waals surface area contributed by atoms with E-state index in [0.717, 1.165) is 17.8 Å². The Morgan fingerprint density at radius 2 is 2.30 bits per heavy atom. The van der Waals surface area contributed by atoms with E-state index in [1.807, 2.05) is 50.5 Å². The van der Waals surface area contributed by atoms with Gasteiger partial charge in [0, 0.05) is 25.5 Å². The van der Waals surface area contributed by atoms with Gasteiger partial charge in [-0.15, -0.1) is 0 Å². The monoisotopic (exact) mass is 314 g/mol. The Balaban J connectivity index is 1.67. The Bertz CT molecular complexity index is 656. The number of hydrogen-bond donors (Lipinski definition) is 1. The molecule has 0 bridgehead atoms. The molecule has 1 aromatic heterocycles. The second-order valence-electron chi connectivity index (χ2n) is 5.90. The van der Waals surface area contributed by atoms with Crippen LogP contribution in [-0.2, 0) is 9.53 Å². The average Bonchev–Trinajstić information content (AvgIpc) is 3.09. The molecule has 3 rings (SSSR count). The molecule has 1 N–H and O–H groups in total. The summed E-state index contributed by atoms with van der Waals surface area (Å²) in [6, 6.07) is 9.80. The number of hydrogen-bond acceptors (Lipinski definition) is 4. The summed E-state index contributed by atoms with van der Waals surface area (Å²) >= 11 is 0. The second kappa shape index (κ2) is 6.93. The van der Waals surface area contributed by atoms with E-state index in [4.69, 9.17) is 4.74 Å². The van der Waals surface area contributed by atoms with Gasteiger partial charge in [-0.1, -0.05) is 12.1 Å². The van der Waals surface area contributed by atoms with E-state index in [1.165, 1.54) is 0 Å². The van der Waals surface area contributed by atoms with Gasteiger partial charge in [0.05, 0.1) is 18.3 Å². The Labute approximate surface area is 136 Å². The van der Waals surface area contributed by atoms with Gasteiger partial charge in [-0.2, -0.15) is 5.10 Å². The molecular weight excluding hydrogens is 292 g/mol. The maximum atomic E-state index is 12.4. The van der Waals surface area contributed by atoms with Crippen molar-refractivity contribution in [1.82, 2.24) is 20.0 Å². The zero-order valence-corrected chi connectivity index (χ0v) is 13.5. The molecule has 6 nitrogen and oxygen atoms in total. The first-order valence-corrected chi connectivity index (χ1v) is 7.84. The Morgan fingerprint density at radius 1 is 1.43 bits per heavy atom. The first kappa shape index (κ1) is 15.7. The largest absolute Gasteiger partial charge is 0.366 e. The van der Waals surface area contributed by atoms with Gasteiger partial charge in [-0.25, -0.2) is 4.68 Å². The molecule has 23 heavy (non-hydrogen) atoms. The van der Waals surface area contributed by atoms with Crippen LogP contribution in [0.2, 0.25) is 0 Å². The third-order valence-electron chi connectivity index (χ3n) is 4.06. The molecule has 6 heteroatoms. The molecule has 0 saturated carbocycles. The van der Waals surface area contributed by atoms with E-state index >= 15 is 0 Å². The molecule has 2 unspecified atom stereocenters. The van der Waals surface area contributed by atoms with Gasteiger partial charge in [-0.05, 0) is 37.7 Å². The number of rotatable bonds is 4. The zero-order chi connectivity index (χ0) is 16.2. The lowest BCUT2D eigenvalue weighted by atomic mass is 10.1. The Morgan fingerprint density at radius 3 is 3.04 bits per heavy atom. The van der Waals surface area contributed by atoms with Crippen molar-refractivity contribution < 1.29 is 9.53 Å². The van der Waals surface area contributed by atoms with Crippen molar-refractivity contribution in [2.75, 3.05) is 26.7 Å². The molecule has 1 fully saturated rings. The zero-order valence-electron chi connectivity index (χ0n) is 13.5. The first-order valence-electron chi connectivity index (χ1n) is 7.84. The molecule has 1 aliphatic rings. The van der Waals surface area contributed by atoms with Crippen LogP contribution in [0, 0.1) is 0 Å². The number of nitrogens with one attached hydrogen (secondary N) is 1. The molecule has 0 aliphatic carbocycles. The van der Waals surface area contributed by atoms with Crippen molar-refractivity contribution in [3.8, 4) is 5.69 Å². The van der Waals surface area contributed by atoms with Crippen LogP contribution in [0.4, 0.5) is 0 Å². The van der Waals surface area contributed by atoms with Gasteiger partial charge >= 0.3 is 0 Å². The van der Waals surface area contributed by atoms with E-state index in [2.05, 4.69) is 15.3 Å². The predicted octanol–water partition coefficient (Wildman–Crippen LogP) is 1.38. The second-order valence-corrected chi connectivity index (χ2v) is 5.90. The van der Waals surface area contributed by atoms with Crippen molar-refractivity contribution in [1.29, 1.82) is 0 Å². The lowest BCUT2D eigenvalue weighted by molar-refractivity contribution is -0.138. The minimum Gasteiger partial charge on any atom is -0.366 e. The summed E-state index contributed by atoms with van der Waals surface area (Å²) in [7, 11) is 2.00. The van der Waals surface area contributed by atoms with E-state index in [9.17, 15) is 4.79 Å². The molecule has 2 aromatic rings. The highest BCUT2D eigenvalue weighted by Gasteiger charge is 2.25. The molecule has 1 amide bonds. The van der Waals surface area contributed by atoms with E-state index in [-0.39, 0.29) is 11.9 Å². The third kappa shape index (κ3) is 3.78. The lowest BCUT2D eigenvalue weighted by Crippen LogP contribution is -2.48. The van der Waals surface area contributed by atoms with E-state index in [0.29, 0.717) is 13.2 Å². The number of aromatic nitrogens is 2. The lowest BCUT2D eigenvalue weighted by Gasteiger charge is -2.30.